The van der Waals surface area contributed by atoms with Crippen molar-refractivity contribution in [3.63, 3.8) is 0 Å². The largest absolute Gasteiger partial charge is 0.367 e. The molecular weight excluding hydrogens is 542 g/mol. The molecule has 206 valence electrons. The van der Waals surface area contributed by atoms with E-state index in [1.807, 2.05) is 0 Å². The van der Waals surface area contributed by atoms with Crippen LogP contribution >= 0.6 is 11.6 Å². The van der Waals surface area contributed by atoms with E-state index in [9.17, 15) is 22.8 Å². The van der Waals surface area contributed by atoms with Gasteiger partial charge in [0.2, 0.25) is 21.8 Å². The molecule has 0 radical (unpaired) electrons. The van der Waals surface area contributed by atoms with E-state index in [-0.39, 0.29) is 21.2 Å². The van der Waals surface area contributed by atoms with Crippen molar-refractivity contribution in [2.45, 2.75) is 30.3 Å². The van der Waals surface area contributed by atoms with Gasteiger partial charge in [-0.1, -0.05) is 80.0 Å². The first-order valence-electron chi connectivity index (χ1n) is 12.0. The maximum atomic E-state index is 13.8. The molecule has 3 aromatic rings. The molecule has 0 bridgehead atoms. The highest BCUT2D eigenvalue weighted by Crippen LogP contribution is 2.32. The van der Waals surface area contributed by atoms with Gasteiger partial charge in [0.1, 0.15) is 11.6 Å². The van der Waals surface area contributed by atoms with E-state index in [2.05, 4.69) is 20.7 Å². The number of hydrogen-bond donors (Lipinski definition) is 5. The van der Waals surface area contributed by atoms with Crippen molar-refractivity contribution >= 4 is 45.2 Å². The third kappa shape index (κ3) is 6.56. The monoisotopic (exact) mass is 571 g/mol. The summed E-state index contributed by atoms with van der Waals surface area (Å²) in [6, 6.07) is 18.4. The highest BCUT2D eigenvalue weighted by molar-refractivity contribution is 7.89. The molecule has 3 aromatic carbocycles. The van der Waals surface area contributed by atoms with Crippen molar-refractivity contribution in [3.05, 3.63) is 95.0 Å². The molecule has 0 saturated heterocycles. The van der Waals surface area contributed by atoms with Gasteiger partial charge in [-0.05, 0) is 42.8 Å². The Morgan fingerprint density at radius 1 is 0.923 bits per heavy atom. The van der Waals surface area contributed by atoms with E-state index in [1.54, 1.807) is 68.4 Å². The van der Waals surface area contributed by atoms with Crippen LogP contribution in [0.3, 0.4) is 0 Å². The number of sulfonamides is 1. The van der Waals surface area contributed by atoms with Gasteiger partial charge in [-0.15, -0.1) is 0 Å². The van der Waals surface area contributed by atoms with Gasteiger partial charge in [0.15, 0.2) is 0 Å². The lowest BCUT2D eigenvalue weighted by atomic mass is 9.78. The number of anilines is 1. The Morgan fingerprint density at radius 3 is 2.15 bits per heavy atom. The van der Waals surface area contributed by atoms with Crippen LogP contribution in [0.25, 0.3) is 0 Å². The minimum Gasteiger partial charge on any atom is -0.367 e. The highest BCUT2D eigenvalue weighted by Gasteiger charge is 2.44. The van der Waals surface area contributed by atoms with Gasteiger partial charge < -0.3 is 21.7 Å². The first-order chi connectivity index (χ1) is 18.4. The summed E-state index contributed by atoms with van der Waals surface area (Å²) in [5.74, 6) is -1.97. The molecule has 10 nitrogen and oxygen atoms in total. The van der Waals surface area contributed by atoms with Crippen LogP contribution in [0.4, 0.5) is 10.5 Å². The van der Waals surface area contributed by atoms with E-state index >= 15 is 0 Å². The standard InChI is InChI=1S/C27H30ClN5O5S/c1-17(2)27(25(29)35,18-10-5-4-6-11-18)33-24(34)23(21-14-7-8-15-22(21)28)32-26(36)31-19-12-9-13-20(16-19)39(37,38)30-3/h4-17,23,30H,1-3H3,(H2,29,35)(H,33,34)(H2,31,32,36)/t23-,27?/m1/s1. The van der Waals surface area contributed by atoms with E-state index in [4.69, 9.17) is 17.3 Å². The second-order valence-electron chi connectivity index (χ2n) is 8.97. The van der Waals surface area contributed by atoms with Gasteiger partial charge in [0, 0.05) is 16.3 Å². The van der Waals surface area contributed by atoms with Crippen molar-refractivity contribution in [2.24, 2.45) is 11.7 Å². The molecule has 1 unspecified atom stereocenters. The fourth-order valence-corrected chi connectivity index (χ4v) is 5.18. The highest BCUT2D eigenvalue weighted by atomic mass is 35.5. The molecule has 0 fully saturated rings. The smallest absolute Gasteiger partial charge is 0.320 e. The lowest BCUT2D eigenvalue weighted by molar-refractivity contribution is -0.135. The predicted octanol–water partition coefficient (Wildman–Crippen LogP) is 3.26. The lowest BCUT2D eigenvalue weighted by Crippen LogP contribution is -2.60. The first-order valence-corrected chi connectivity index (χ1v) is 13.8. The van der Waals surface area contributed by atoms with Crippen LogP contribution in [0.5, 0.6) is 0 Å². The second-order valence-corrected chi connectivity index (χ2v) is 11.3. The Kier molecular flexibility index (Phi) is 9.33. The normalized spacial score (nSPS) is 13.7. The number of hydrogen-bond acceptors (Lipinski definition) is 5. The van der Waals surface area contributed by atoms with E-state index in [0.29, 0.717) is 5.56 Å². The molecule has 39 heavy (non-hydrogen) atoms. The predicted molar refractivity (Wildman–Crippen MR) is 149 cm³/mol. The molecule has 3 rings (SSSR count). The topological polar surface area (TPSA) is 159 Å². The van der Waals surface area contributed by atoms with Gasteiger partial charge in [-0.25, -0.2) is 17.9 Å². The number of urea groups is 1. The third-order valence-corrected chi connectivity index (χ3v) is 7.99. The number of amides is 4. The Bertz CT molecular complexity index is 1470. The van der Waals surface area contributed by atoms with Crippen molar-refractivity contribution in [1.82, 2.24) is 15.4 Å². The first kappa shape index (κ1) is 29.6. The average molecular weight is 572 g/mol. The van der Waals surface area contributed by atoms with Gasteiger partial charge in [0.05, 0.1) is 4.90 Å². The molecule has 0 aliphatic rings. The fourth-order valence-electron chi connectivity index (χ4n) is 4.16. The van der Waals surface area contributed by atoms with Crippen LogP contribution in [0.1, 0.15) is 31.0 Å². The summed E-state index contributed by atoms with van der Waals surface area (Å²) in [6.07, 6.45) is 0. The van der Waals surface area contributed by atoms with Gasteiger partial charge in [-0.2, -0.15) is 0 Å². The Hall–Kier alpha value is -3.93. The van der Waals surface area contributed by atoms with Crippen LogP contribution in [0.2, 0.25) is 5.02 Å². The maximum absolute atomic E-state index is 13.8. The Morgan fingerprint density at radius 2 is 1.56 bits per heavy atom. The molecule has 6 N–H and O–H groups in total. The zero-order valence-corrected chi connectivity index (χ0v) is 23.1. The van der Waals surface area contributed by atoms with Crippen LogP contribution in [-0.2, 0) is 25.2 Å². The minimum absolute atomic E-state index is 0.0609. The number of primary amides is 1. The van der Waals surface area contributed by atoms with Crippen molar-refractivity contribution in [1.29, 1.82) is 0 Å². The van der Waals surface area contributed by atoms with Crippen LogP contribution < -0.4 is 26.4 Å². The average Bonchev–Trinajstić information content (AvgIpc) is 2.91. The van der Waals surface area contributed by atoms with E-state index in [0.717, 1.165) is 0 Å². The molecule has 0 spiro atoms. The molecule has 0 heterocycles. The molecular formula is C27H30ClN5O5S. The minimum atomic E-state index is -3.75. The van der Waals surface area contributed by atoms with E-state index < -0.39 is 45.4 Å². The molecule has 0 aromatic heterocycles. The Labute approximate surface area is 232 Å². The number of carbonyl (C=O) groups excluding carboxylic acids is 3. The molecule has 0 aliphatic carbocycles. The number of rotatable bonds is 10. The number of nitrogens with one attached hydrogen (secondary N) is 4. The van der Waals surface area contributed by atoms with E-state index in [1.165, 1.54) is 31.3 Å². The summed E-state index contributed by atoms with van der Waals surface area (Å²) >= 11 is 6.39. The van der Waals surface area contributed by atoms with Crippen molar-refractivity contribution < 1.29 is 22.8 Å². The summed E-state index contributed by atoms with van der Waals surface area (Å²) in [7, 11) is -2.48. The van der Waals surface area contributed by atoms with Crippen molar-refractivity contribution in [3.8, 4) is 0 Å². The maximum Gasteiger partial charge on any atom is 0.320 e. The molecule has 0 saturated carbocycles. The van der Waals surface area contributed by atoms with Crippen LogP contribution in [-0.4, -0.2) is 33.3 Å². The van der Waals surface area contributed by atoms with Gasteiger partial charge >= 0.3 is 6.03 Å². The zero-order chi connectivity index (χ0) is 28.8. The molecule has 4 amide bonds. The fraction of sp³-hybridized carbons (Fsp3) is 0.222. The quantitative estimate of drug-likeness (QED) is 0.252. The summed E-state index contributed by atoms with van der Waals surface area (Å²) in [4.78, 5) is 39.6. The number of carbonyl (C=O) groups is 3. The molecule has 0 aliphatic heterocycles. The SMILES string of the molecule is CNS(=O)(=O)c1cccc(NC(=O)N[C@@H](C(=O)NC(C(N)=O)(c2ccccc2)C(C)C)c2ccccc2Cl)c1. The second kappa shape index (κ2) is 12.3. The number of benzene rings is 3. The summed E-state index contributed by atoms with van der Waals surface area (Å²) in [5.41, 5.74) is 5.18. The third-order valence-electron chi connectivity index (χ3n) is 6.23. The summed E-state index contributed by atoms with van der Waals surface area (Å²) < 4.78 is 26.5. The summed E-state index contributed by atoms with van der Waals surface area (Å²) in [6.45, 7) is 3.49. The zero-order valence-electron chi connectivity index (χ0n) is 21.6. The van der Waals surface area contributed by atoms with Crippen LogP contribution in [0.15, 0.2) is 83.8 Å². The summed E-state index contributed by atoms with van der Waals surface area (Å²) in [5, 5.41) is 8.10. The molecule has 2 atom stereocenters. The van der Waals surface area contributed by atoms with Gasteiger partial charge in [-0.3, -0.25) is 9.59 Å². The lowest BCUT2D eigenvalue weighted by Gasteiger charge is -2.37. The number of nitrogens with two attached hydrogens (primary N) is 1. The van der Waals surface area contributed by atoms with Crippen LogP contribution in [0, 0.1) is 5.92 Å². The van der Waals surface area contributed by atoms with Crippen molar-refractivity contribution in [2.75, 3.05) is 12.4 Å². The Balaban J connectivity index is 1.97. The molecule has 12 heteroatoms. The van der Waals surface area contributed by atoms with Gasteiger partial charge in [0.25, 0.3) is 0 Å². The number of halogens is 1.